The van der Waals surface area contributed by atoms with Gasteiger partial charge in [-0.25, -0.2) is 18.2 Å². The summed E-state index contributed by atoms with van der Waals surface area (Å²) in [5.74, 6) is -0.196. The van der Waals surface area contributed by atoms with E-state index in [-0.39, 0.29) is 35.0 Å². The van der Waals surface area contributed by atoms with Crippen molar-refractivity contribution < 1.29 is 21.6 Å². The van der Waals surface area contributed by atoms with Crippen molar-refractivity contribution in [1.29, 1.82) is 0 Å². The first kappa shape index (κ1) is 25.4. The lowest BCUT2D eigenvalue weighted by Crippen LogP contribution is -2.39. The Kier molecular flexibility index (Phi) is 6.38. The average Bonchev–Trinajstić information content (AvgIpc) is 3.02. The first-order chi connectivity index (χ1) is 16.2. The number of alkyl halides is 3. The number of pyridine rings is 1. The van der Waals surface area contributed by atoms with Crippen LogP contribution in [0.1, 0.15) is 50.8 Å². The van der Waals surface area contributed by atoms with Gasteiger partial charge in [-0.2, -0.15) is 17.5 Å². The lowest BCUT2D eigenvalue weighted by Gasteiger charge is -2.31. The van der Waals surface area contributed by atoms with Gasteiger partial charge in [-0.3, -0.25) is 9.13 Å². The highest BCUT2D eigenvalue weighted by molar-refractivity contribution is 7.89. The van der Waals surface area contributed by atoms with Crippen molar-refractivity contribution in [2.45, 2.75) is 57.1 Å². The van der Waals surface area contributed by atoms with Crippen LogP contribution in [0.15, 0.2) is 46.1 Å². The number of hydrogen-bond donors (Lipinski definition) is 0. The summed E-state index contributed by atoms with van der Waals surface area (Å²) < 4.78 is 69.4. The number of hydrogen-bond acceptors (Lipinski definition) is 4. The van der Waals surface area contributed by atoms with Crippen LogP contribution in [0.3, 0.4) is 0 Å². The molecule has 1 saturated heterocycles. The third-order valence-electron chi connectivity index (χ3n) is 6.26. The second-order valence-corrected chi connectivity index (χ2v) is 12.2. The summed E-state index contributed by atoms with van der Waals surface area (Å²) >= 11 is 0. The van der Waals surface area contributed by atoms with Crippen LogP contribution >= 0.6 is 0 Å². The topological polar surface area (TPSA) is 77.2 Å². The molecule has 0 amide bonds. The van der Waals surface area contributed by atoms with E-state index in [9.17, 15) is 26.4 Å². The van der Waals surface area contributed by atoms with E-state index in [0.29, 0.717) is 30.7 Å². The van der Waals surface area contributed by atoms with Crippen LogP contribution in [0.2, 0.25) is 0 Å². The molecule has 1 unspecified atom stereocenters. The Labute approximate surface area is 202 Å². The maximum Gasteiger partial charge on any atom is 0.416 e. The molecule has 190 valence electrons. The minimum Gasteiger partial charge on any atom is -0.290 e. The van der Waals surface area contributed by atoms with Crippen molar-refractivity contribution in [1.82, 2.24) is 18.4 Å². The van der Waals surface area contributed by atoms with E-state index in [1.165, 1.54) is 8.87 Å². The number of piperidine rings is 1. The minimum atomic E-state index is -4.53. The van der Waals surface area contributed by atoms with Crippen LogP contribution in [0.4, 0.5) is 13.2 Å². The normalized spacial score (nSPS) is 18.3. The molecule has 3 heterocycles. The molecule has 0 N–H and O–H groups in total. The maximum absolute atomic E-state index is 13.1. The van der Waals surface area contributed by atoms with E-state index < -0.39 is 21.8 Å². The minimum absolute atomic E-state index is 0.104. The molecule has 1 aliphatic heterocycles. The molecule has 4 rings (SSSR count). The fraction of sp³-hybridized carbons (Fsp3) is 0.500. The Hall–Kier alpha value is -2.66. The number of fused-ring (bicyclic) bond motifs is 1. The van der Waals surface area contributed by atoms with Crippen molar-refractivity contribution in [3.05, 3.63) is 58.1 Å². The van der Waals surface area contributed by atoms with Crippen LogP contribution in [-0.2, 0) is 29.8 Å². The molecule has 11 heteroatoms. The number of aromatic nitrogens is 3. The molecule has 3 aromatic rings. The van der Waals surface area contributed by atoms with Crippen LogP contribution in [0.5, 0.6) is 0 Å². The summed E-state index contributed by atoms with van der Waals surface area (Å²) in [6.07, 6.45) is -3.23. The molecule has 2 aromatic heterocycles. The average molecular weight is 511 g/mol. The summed E-state index contributed by atoms with van der Waals surface area (Å²) in [6, 6.07) is 7.26. The fourth-order valence-corrected chi connectivity index (χ4v) is 6.03. The predicted molar refractivity (Wildman–Crippen MR) is 127 cm³/mol. The summed E-state index contributed by atoms with van der Waals surface area (Å²) in [5, 5.41) is 0. The molecular formula is C24H29F3N4O3S. The highest BCUT2D eigenvalue weighted by Gasteiger charge is 2.34. The predicted octanol–water partition coefficient (Wildman–Crippen LogP) is 4.37. The first-order valence-corrected chi connectivity index (χ1v) is 12.9. The Bertz CT molecular complexity index is 1400. The summed E-state index contributed by atoms with van der Waals surface area (Å²) in [5.41, 5.74) is 0.797. The zero-order valence-corrected chi connectivity index (χ0v) is 20.9. The fourth-order valence-electron chi connectivity index (χ4n) is 4.51. The van der Waals surface area contributed by atoms with Crippen molar-refractivity contribution in [2.75, 3.05) is 13.1 Å². The number of aryl methyl sites for hydroxylation is 1. The van der Waals surface area contributed by atoms with Crippen LogP contribution in [-0.4, -0.2) is 39.9 Å². The molecule has 0 saturated carbocycles. The number of sulfonamides is 1. The number of nitrogens with zero attached hydrogens (tertiary/aromatic N) is 4. The van der Waals surface area contributed by atoms with Gasteiger partial charge < -0.3 is 0 Å². The lowest BCUT2D eigenvalue weighted by molar-refractivity contribution is -0.137. The number of rotatable bonds is 4. The van der Waals surface area contributed by atoms with Gasteiger partial charge in [0.05, 0.1) is 16.0 Å². The zero-order valence-electron chi connectivity index (χ0n) is 20.1. The van der Waals surface area contributed by atoms with Gasteiger partial charge >= 0.3 is 11.9 Å². The molecular weight excluding hydrogens is 481 g/mol. The summed E-state index contributed by atoms with van der Waals surface area (Å²) in [7, 11) is -2.29. The Morgan fingerprint density at radius 1 is 1.06 bits per heavy atom. The smallest absolute Gasteiger partial charge is 0.290 e. The molecule has 0 bridgehead atoms. The molecule has 35 heavy (non-hydrogen) atoms. The van der Waals surface area contributed by atoms with Gasteiger partial charge in [-0.15, -0.1) is 0 Å². The molecule has 0 aliphatic carbocycles. The molecule has 0 radical (unpaired) electrons. The maximum atomic E-state index is 13.1. The van der Waals surface area contributed by atoms with E-state index in [1.54, 1.807) is 11.6 Å². The highest BCUT2D eigenvalue weighted by atomic mass is 32.2. The third kappa shape index (κ3) is 5.02. The molecule has 1 fully saturated rings. The Morgan fingerprint density at radius 2 is 1.71 bits per heavy atom. The van der Waals surface area contributed by atoms with E-state index >= 15 is 0 Å². The number of halogens is 3. The third-order valence-corrected chi connectivity index (χ3v) is 8.14. The number of imidazole rings is 1. The van der Waals surface area contributed by atoms with Crippen molar-refractivity contribution in [3.8, 4) is 0 Å². The SMILES string of the molecule is Cn1c(=O)n(CC(C)(C)C)c2ccc(C3CCCN(S(=O)(=O)c4ccc(C(F)(F)F)cc4)C3)nc21. The van der Waals surface area contributed by atoms with Crippen LogP contribution in [0.25, 0.3) is 11.2 Å². The van der Waals surface area contributed by atoms with Gasteiger partial charge in [0.25, 0.3) is 0 Å². The van der Waals surface area contributed by atoms with Crippen LogP contribution < -0.4 is 5.69 Å². The summed E-state index contributed by atoms with van der Waals surface area (Å²) in [4.78, 5) is 17.4. The van der Waals surface area contributed by atoms with E-state index in [0.717, 1.165) is 29.8 Å². The lowest BCUT2D eigenvalue weighted by atomic mass is 9.95. The van der Waals surface area contributed by atoms with Gasteiger partial charge in [0, 0.05) is 38.3 Å². The largest absolute Gasteiger partial charge is 0.416 e. The Morgan fingerprint density at radius 3 is 2.31 bits per heavy atom. The van der Waals surface area contributed by atoms with Gasteiger partial charge in [0.1, 0.15) is 0 Å². The molecule has 1 aromatic carbocycles. The van der Waals surface area contributed by atoms with Crippen molar-refractivity contribution in [3.63, 3.8) is 0 Å². The number of benzene rings is 1. The molecule has 0 spiro atoms. The van der Waals surface area contributed by atoms with E-state index in [1.807, 2.05) is 32.9 Å². The van der Waals surface area contributed by atoms with Gasteiger partial charge in [0.2, 0.25) is 10.0 Å². The van der Waals surface area contributed by atoms with E-state index in [2.05, 4.69) is 0 Å². The van der Waals surface area contributed by atoms with Gasteiger partial charge in [0.15, 0.2) is 5.65 Å². The van der Waals surface area contributed by atoms with Gasteiger partial charge in [-0.1, -0.05) is 20.8 Å². The monoisotopic (exact) mass is 510 g/mol. The van der Waals surface area contributed by atoms with Crippen molar-refractivity contribution >= 4 is 21.2 Å². The standard InChI is InChI=1S/C24H29F3N4O3S/c1-23(2,3)15-31-20-12-11-19(28-21(20)29(4)22(31)32)16-6-5-13-30(14-16)35(33,34)18-9-7-17(8-10-18)24(25,26)27/h7-12,16H,5-6,13-15H2,1-4H3. The van der Waals surface area contributed by atoms with Crippen LogP contribution in [0, 0.1) is 5.41 Å². The second-order valence-electron chi connectivity index (χ2n) is 10.3. The molecule has 7 nitrogen and oxygen atoms in total. The second kappa shape index (κ2) is 8.77. The van der Waals surface area contributed by atoms with Gasteiger partial charge in [-0.05, 0) is 54.7 Å². The molecule has 1 atom stereocenters. The zero-order chi connectivity index (χ0) is 25.8. The first-order valence-electron chi connectivity index (χ1n) is 11.4. The highest BCUT2D eigenvalue weighted by Crippen LogP contribution is 2.33. The summed E-state index contributed by atoms with van der Waals surface area (Å²) in [6.45, 7) is 7.13. The Balaban J connectivity index is 1.62. The van der Waals surface area contributed by atoms with Crippen molar-refractivity contribution in [2.24, 2.45) is 12.5 Å². The molecule has 1 aliphatic rings. The quantitative estimate of drug-likeness (QED) is 0.522. The van der Waals surface area contributed by atoms with E-state index in [4.69, 9.17) is 4.98 Å².